The highest BCUT2D eigenvalue weighted by Gasteiger charge is 2.23. The third kappa shape index (κ3) is 4.71. The number of carbonyl (C=O) groups is 1. The molecule has 1 heterocycles. The molecule has 0 aliphatic rings. The first-order valence-corrected chi connectivity index (χ1v) is 9.35. The maximum absolute atomic E-state index is 11.9. The van der Waals surface area contributed by atoms with Crippen LogP contribution in [0.15, 0.2) is 72.1 Å². The zero-order valence-electron chi connectivity index (χ0n) is 14.6. The fourth-order valence-electron chi connectivity index (χ4n) is 2.65. The molecule has 3 N–H and O–H groups in total. The fourth-order valence-corrected chi connectivity index (χ4v) is 3.29. The largest absolute Gasteiger partial charge is 0.384 e. The van der Waals surface area contributed by atoms with Gasteiger partial charge in [0.05, 0.1) is 13.1 Å². The molecule has 0 radical (unpaired) electrons. The van der Waals surface area contributed by atoms with Crippen molar-refractivity contribution in [1.82, 2.24) is 10.6 Å². The van der Waals surface area contributed by atoms with E-state index in [0.29, 0.717) is 6.54 Å². The number of hydrogen-bond donors (Lipinski definition) is 3. The van der Waals surface area contributed by atoms with Crippen LogP contribution in [-0.2, 0) is 12.1 Å². The molecule has 4 nitrogen and oxygen atoms in total. The third-order valence-electron chi connectivity index (χ3n) is 4.21. The van der Waals surface area contributed by atoms with Crippen molar-refractivity contribution in [3.8, 4) is 11.1 Å². The van der Waals surface area contributed by atoms with Crippen LogP contribution in [0.1, 0.15) is 17.4 Å². The first-order chi connectivity index (χ1) is 12.5. The summed E-state index contributed by atoms with van der Waals surface area (Å²) < 4.78 is 0. The zero-order valence-corrected chi connectivity index (χ0v) is 15.4. The summed E-state index contributed by atoms with van der Waals surface area (Å²) in [4.78, 5) is 13.0. The number of benzene rings is 2. The summed E-state index contributed by atoms with van der Waals surface area (Å²) in [5.41, 5.74) is 1.84. The van der Waals surface area contributed by atoms with Gasteiger partial charge in [0.2, 0.25) is 0 Å². The Labute approximate surface area is 157 Å². The molecule has 134 valence electrons. The summed E-state index contributed by atoms with van der Waals surface area (Å²) in [7, 11) is 0. The van der Waals surface area contributed by atoms with Crippen molar-refractivity contribution in [3.05, 3.63) is 82.6 Å². The number of amides is 2. The van der Waals surface area contributed by atoms with Crippen LogP contribution in [0.3, 0.4) is 0 Å². The van der Waals surface area contributed by atoms with Gasteiger partial charge in [-0.1, -0.05) is 60.7 Å². The Morgan fingerprint density at radius 1 is 0.962 bits per heavy atom. The van der Waals surface area contributed by atoms with Crippen LogP contribution >= 0.6 is 11.3 Å². The van der Waals surface area contributed by atoms with E-state index in [1.807, 2.05) is 72.1 Å². The lowest BCUT2D eigenvalue weighted by molar-refractivity contribution is 0.0594. The lowest BCUT2D eigenvalue weighted by atomic mass is 9.94. The summed E-state index contributed by atoms with van der Waals surface area (Å²) in [6.07, 6.45) is 0. The minimum absolute atomic E-state index is 0.133. The maximum Gasteiger partial charge on any atom is 0.315 e. The average molecular weight is 366 g/mol. The molecule has 0 fully saturated rings. The van der Waals surface area contributed by atoms with Crippen LogP contribution in [0.25, 0.3) is 11.1 Å². The molecule has 0 bridgehead atoms. The molecule has 1 aromatic heterocycles. The quantitative estimate of drug-likeness (QED) is 0.614. The number of hydrogen-bond acceptors (Lipinski definition) is 3. The Balaban J connectivity index is 1.56. The van der Waals surface area contributed by atoms with Gasteiger partial charge >= 0.3 is 6.03 Å². The van der Waals surface area contributed by atoms with Gasteiger partial charge in [-0.2, -0.15) is 0 Å². The number of urea groups is 1. The number of carbonyl (C=O) groups excluding carboxylic acids is 1. The standard InChI is InChI=1S/C21H22N2O2S/c1-21(25,15-23-20(24)22-14-19-8-5-13-26-19)18-11-9-17(10-12-18)16-6-3-2-4-7-16/h2-13,25H,14-15H2,1H3,(H2,22,23,24). The van der Waals surface area contributed by atoms with Crippen LogP contribution in [-0.4, -0.2) is 17.7 Å². The number of nitrogens with one attached hydrogen (secondary N) is 2. The van der Waals surface area contributed by atoms with Crippen molar-refractivity contribution in [2.45, 2.75) is 19.1 Å². The van der Waals surface area contributed by atoms with Gasteiger partial charge in [-0.15, -0.1) is 11.3 Å². The summed E-state index contributed by atoms with van der Waals surface area (Å²) in [6, 6.07) is 21.5. The zero-order chi connectivity index (χ0) is 18.4. The summed E-state index contributed by atoms with van der Waals surface area (Å²) in [6.45, 7) is 2.31. The fraction of sp³-hybridized carbons (Fsp3) is 0.190. The molecule has 2 aromatic carbocycles. The SMILES string of the molecule is CC(O)(CNC(=O)NCc1cccs1)c1ccc(-c2ccccc2)cc1. The molecule has 3 rings (SSSR count). The van der Waals surface area contributed by atoms with E-state index in [2.05, 4.69) is 10.6 Å². The topological polar surface area (TPSA) is 61.4 Å². The smallest absolute Gasteiger partial charge is 0.315 e. The minimum Gasteiger partial charge on any atom is -0.384 e. The van der Waals surface area contributed by atoms with Crippen LogP contribution in [0.4, 0.5) is 4.79 Å². The number of aliphatic hydroxyl groups is 1. The Morgan fingerprint density at radius 2 is 1.65 bits per heavy atom. The molecule has 0 spiro atoms. The molecular formula is C21H22N2O2S. The Hall–Kier alpha value is -2.63. The second-order valence-corrected chi connectivity index (χ2v) is 7.37. The van der Waals surface area contributed by atoms with Gasteiger partial charge in [-0.3, -0.25) is 0 Å². The molecule has 1 atom stereocenters. The molecule has 0 saturated carbocycles. The van der Waals surface area contributed by atoms with Gasteiger partial charge < -0.3 is 15.7 Å². The van der Waals surface area contributed by atoms with Crippen LogP contribution in [0, 0.1) is 0 Å². The van der Waals surface area contributed by atoms with E-state index in [9.17, 15) is 9.90 Å². The lowest BCUT2D eigenvalue weighted by Gasteiger charge is -2.24. The Bertz CT molecular complexity index is 828. The molecule has 5 heteroatoms. The monoisotopic (exact) mass is 366 g/mol. The van der Waals surface area contributed by atoms with E-state index in [4.69, 9.17) is 0 Å². The summed E-state index contributed by atoms with van der Waals surface area (Å²) in [5, 5.41) is 18.2. The first kappa shape index (κ1) is 18.2. The van der Waals surface area contributed by atoms with Crippen molar-refractivity contribution in [2.24, 2.45) is 0 Å². The van der Waals surface area contributed by atoms with Gasteiger partial charge in [-0.05, 0) is 35.1 Å². The van der Waals surface area contributed by atoms with E-state index in [1.165, 1.54) is 0 Å². The molecule has 0 saturated heterocycles. The van der Waals surface area contributed by atoms with E-state index >= 15 is 0 Å². The van der Waals surface area contributed by atoms with E-state index in [0.717, 1.165) is 21.6 Å². The van der Waals surface area contributed by atoms with E-state index in [-0.39, 0.29) is 12.6 Å². The predicted octanol–water partition coefficient (Wildman–Crippen LogP) is 4.12. The maximum atomic E-state index is 11.9. The van der Waals surface area contributed by atoms with Crippen molar-refractivity contribution < 1.29 is 9.90 Å². The van der Waals surface area contributed by atoms with Crippen molar-refractivity contribution in [2.75, 3.05) is 6.54 Å². The Morgan fingerprint density at radius 3 is 2.31 bits per heavy atom. The highest BCUT2D eigenvalue weighted by atomic mass is 32.1. The van der Waals surface area contributed by atoms with Gasteiger partial charge in [0.25, 0.3) is 0 Å². The van der Waals surface area contributed by atoms with E-state index in [1.54, 1.807) is 18.3 Å². The molecule has 2 amide bonds. The molecule has 0 aliphatic carbocycles. The van der Waals surface area contributed by atoms with Gasteiger partial charge in [-0.25, -0.2) is 4.79 Å². The lowest BCUT2D eigenvalue weighted by Crippen LogP contribution is -2.43. The van der Waals surface area contributed by atoms with Crippen molar-refractivity contribution in [3.63, 3.8) is 0 Å². The molecule has 26 heavy (non-hydrogen) atoms. The normalized spacial score (nSPS) is 13.0. The summed E-state index contributed by atoms with van der Waals surface area (Å²) >= 11 is 1.59. The van der Waals surface area contributed by atoms with Crippen molar-refractivity contribution in [1.29, 1.82) is 0 Å². The highest BCUT2D eigenvalue weighted by Crippen LogP contribution is 2.24. The Kier molecular flexibility index (Phi) is 5.71. The second-order valence-electron chi connectivity index (χ2n) is 6.33. The van der Waals surface area contributed by atoms with Crippen LogP contribution in [0.2, 0.25) is 0 Å². The van der Waals surface area contributed by atoms with Gasteiger partial charge in [0, 0.05) is 4.88 Å². The number of rotatable bonds is 6. The number of thiophene rings is 1. The highest BCUT2D eigenvalue weighted by molar-refractivity contribution is 7.09. The molecule has 1 unspecified atom stereocenters. The van der Waals surface area contributed by atoms with E-state index < -0.39 is 5.60 Å². The third-order valence-corrected chi connectivity index (χ3v) is 5.09. The summed E-state index contributed by atoms with van der Waals surface area (Å²) in [5.74, 6) is 0. The second kappa shape index (κ2) is 8.17. The minimum atomic E-state index is -1.14. The van der Waals surface area contributed by atoms with Crippen molar-refractivity contribution >= 4 is 17.4 Å². The van der Waals surface area contributed by atoms with Gasteiger partial charge in [0.1, 0.15) is 5.60 Å². The average Bonchev–Trinajstić information content (AvgIpc) is 3.19. The molecular weight excluding hydrogens is 344 g/mol. The van der Waals surface area contributed by atoms with Gasteiger partial charge in [0.15, 0.2) is 0 Å². The van der Waals surface area contributed by atoms with Crippen LogP contribution < -0.4 is 10.6 Å². The first-order valence-electron chi connectivity index (χ1n) is 8.47. The predicted molar refractivity (Wildman–Crippen MR) is 106 cm³/mol. The molecule has 0 aliphatic heterocycles. The molecule has 3 aromatic rings. The van der Waals surface area contributed by atoms with Crippen LogP contribution in [0.5, 0.6) is 0 Å².